The van der Waals surface area contributed by atoms with E-state index < -0.39 is 235 Å². The van der Waals surface area contributed by atoms with Gasteiger partial charge in [0, 0.05) is 105 Å². The molecule has 11 N–H and O–H groups in total. The third-order valence-corrected chi connectivity index (χ3v) is 31.9. The first-order chi connectivity index (χ1) is 57.2. The Hall–Kier alpha value is -7.92. The summed E-state index contributed by atoms with van der Waals surface area (Å²) in [6.45, 7) is 30.4. The Bertz CT molecular complexity index is 4550. The fourth-order valence-corrected chi connectivity index (χ4v) is 25.1. The van der Waals surface area contributed by atoms with Crippen molar-refractivity contribution in [3.63, 3.8) is 0 Å². The van der Waals surface area contributed by atoms with E-state index in [0.29, 0.717) is 23.1 Å². The molecular formula is C93H122O30. The Kier molecular flexibility index (Phi) is 24.2. The maximum absolute atomic E-state index is 13.9. The number of carbonyl (C=O) groups excluding carboxylic acids is 8. The molecule has 0 aromatic heterocycles. The van der Waals surface area contributed by atoms with Crippen LogP contribution >= 0.6 is 0 Å². The summed E-state index contributed by atoms with van der Waals surface area (Å²) in [5.41, 5.74) is -14.8. The van der Waals surface area contributed by atoms with Crippen LogP contribution in [-0.4, -0.2) is 255 Å². The predicted octanol–water partition coefficient (Wildman–Crippen LogP) is 6.31. The van der Waals surface area contributed by atoms with Gasteiger partial charge in [0.2, 0.25) is 0 Å². The van der Waals surface area contributed by atoms with Gasteiger partial charge in [-0.2, -0.15) is 0 Å². The third kappa shape index (κ3) is 13.9. The maximum atomic E-state index is 13.9. The Morgan fingerprint density at radius 1 is 0.374 bits per heavy atom. The van der Waals surface area contributed by atoms with Gasteiger partial charge in [0.05, 0.1) is 90.9 Å². The molecule has 3 aromatic rings. The Morgan fingerprint density at radius 3 is 1.05 bits per heavy atom. The highest BCUT2D eigenvalue weighted by Crippen LogP contribution is 2.71. The minimum Gasteiger partial charge on any atom is -0.458 e. The first-order valence-corrected chi connectivity index (χ1v) is 42.5. The fourth-order valence-electron chi connectivity index (χ4n) is 25.1. The molecule has 123 heavy (non-hydrogen) atoms. The molecule has 0 spiro atoms. The second kappa shape index (κ2) is 32.1. The largest absolute Gasteiger partial charge is 0.458 e. The molecule has 12 aliphatic rings. The third-order valence-electron chi connectivity index (χ3n) is 31.9. The standard InChI is InChI=1S/C33H42O12.C31H42O8.C29H38O10/c1-16-21(42-17(2)34)14-33(40)28(44-29(39)20-11-9-8-10-12-20)26-31(7,22(37)13-23-32(26,15-41-23)45-19(4)36)27(38)25(43-18(3)35)24(16)30(33,5)6;1-16-13-22-30(15-37-22,39-19(4)32)24-26(38-27(35)20-11-9-8-10-12-20)31(36)14-21(33)17(2)23(28(31,5)6)18(3)25(34)29(16,24)7;1-14-17(31)12-29(36)24(38-25(35)16-9-7-6-8-10-16)22-27(5,23(34)21(33)20(14)26(29,3)4)18(32)11-19-28(22,13-37-19)39-15(2)30/h8-12,21-23,25-28,37-38,40H,13-15H2,1-7H3;8-12,16,18,21-22,24-26,33-34,36H,13-15H2,1-7H3;6-10,17-19,21-24,31-34,36H,11-13H2,1-5H3/t21-,22-,23+,25+,26-,27-,28-,31+,32-,33+;16-,18+,21-,22+,24-,25-,26-,29+,30-,31+;17-,18-,19+,21+,22-,23-,24-,27+,28-,29+/m000/s1. The van der Waals surface area contributed by atoms with Gasteiger partial charge >= 0.3 is 47.8 Å². The summed E-state index contributed by atoms with van der Waals surface area (Å²) < 4.78 is 65.9. The number of rotatable bonds is 11. The lowest BCUT2D eigenvalue weighted by Crippen LogP contribution is -2.82. The first kappa shape index (κ1) is 92.7. The second-order valence-electron chi connectivity index (χ2n) is 39.1. The van der Waals surface area contributed by atoms with Crippen molar-refractivity contribution in [3.05, 3.63) is 141 Å². The lowest BCUT2D eigenvalue weighted by Gasteiger charge is -2.69. The number of esters is 8. The van der Waals surface area contributed by atoms with Gasteiger partial charge in [0.15, 0.2) is 22.9 Å². The average molecular weight is 1720 g/mol. The van der Waals surface area contributed by atoms with E-state index in [2.05, 4.69) is 0 Å². The van der Waals surface area contributed by atoms with Crippen LogP contribution in [-0.2, 0) is 76.1 Å². The summed E-state index contributed by atoms with van der Waals surface area (Å²) in [6.07, 6.45) is -20.0. The van der Waals surface area contributed by atoms with Crippen molar-refractivity contribution in [1.82, 2.24) is 0 Å². The van der Waals surface area contributed by atoms with Gasteiger partial charge in [-0.1, -0.05) is 136 Å². The molecule has 0 radical (unpaired) electrons. The van der Waals surface area contributed by atoms with Gasteiger partial charge in [0.1, 0.15) is 71.7 Å². The van der Waals surface area contributed by atoms with Crippen molar-refractivity contribution in [2.24, 2.45) is 62.1 Å². The van der Waals surface area contributed by atoms with Crippen LogP contribution in [0.2, 0.25) is 0 Å². The minimum absolute atomic E-state index is 0.0219. The molecule has 15 rings (SSSR count). The van der Waals surface area contributed by atoms with Crippen LogP contribution < -0.4 is 0 Å². The van der Waals surface area contributed by atoms with Crippen LogP contribution in [0.1, 0.15) is 201 Å². The van der Waals surface area contributed by atoms with Crippen LogP contribution in [0, 0.1) is 62.1 Å². The lowest BCUT2D eigenvalue weighted by molar-refractivity contribution is -0.365. The lowest BCUT2D eigenvalue weighted by atomic mass is 9.42. The highest BCUT2D eigenvalue weighted by atomic mass is 16.7. The van der Waals surface area contributed by atoms with Crippen LogP contribution in [0.15, 0.2) is 124 Å². The van der Waals surface area contributed by atoms with Gasteiger partial charge in [0.25, 0.3) is 0 Å². The molecule has 30 nitrogen and oxygen atoms in total. The highest BCUT2D eigenvalue weighted by molar-refractivity contribution is 5.91. The summed E-state index contributed by atoms with van der Waals surface area (Å²) >= 11 is 0. The molecule has 3 aliphatic heterocycles. The number of carbonyl (C=O) groups is 8. The second-order valence-corrected chi connectivity index (χ2v) is 39.1. The molecule has 9 aliphatic carbocycles. The predicted molar refractivity (Wildman–Crippen MR) is 434 cm³/mol. The van der Waals surface area contributed by atoms with Crippen LogP contribution in [0.3, 0.4) is 0 Å². The van der Waals surface area contributed by atoms with Crippen LogP contribution in [0.25, 0.3) is 0 Å². The highest BCUT2D eigenvalue weighted by Gasteiger charge is 2.82. The number of aliphatic hydroxyl groups is 11. The quantitative estimate of drug-likeness (QED) is 0.0569. The number of hydrogen-bond donors (Lipinski definition) is 11. The minimum atomic E-state index is -2.11. The zero-order chi connectivity index (χ0) is 90.7. The van der Waals surface area contributed by atoms with Crippen molar-refractivity contribution in [2.45, 2.75) is 301 Å². The van der Waals surface area contributed by atoms with E-state index in [1.54, 1.807) is 134 Å². The topological polar surface area (TPSA) is 461 Å². The number of benzene rings is 3. The van der Waals surface area contributed by atoms with Gasteiger partial charge in [-0.3, -0.25) is 24.0 Å². The van der Waals surface area contributed by atoms with Crippen molar-refractivity contribution < 1.29 is 147 Å². The SMILES string of the molecule is CC(=O)O[C@@]12CO[C@@H]1C[C@H](C)[C@]1(C)[C@@H]2[C@H](OC(=O)c2ccccc2)[C@]2(O)C[C@H](O)C(C)=C([C@@H](C)[C@@H]1O)C2(C)C.CC(=O)O[C@@]12CO[C@@H]1C[C@H](O)[C@]1(C)[C@@H]2[C@H](OC(=O)c2ccccc2)[C@]2(O)C[C@H](O)C(C)=C([C@@H](O)[C@@H]1O)C2(C)C.CC(=O)O[C@H]1C[C@@]2(O)[C@@H](OC(=O)c3ccccc3)[C@@H]3[C@]4(OC(C)=O)CO[C@@H]4C[C@H](O)[C@@]3(C)[C@@H](O)[C@H](OC(C)=O)C(=C1C)C2(C)C. The molecule has 6 bridgehead atoms. The molecule has 30 heteroatoms. The summed E-state index contributed by atoms with van der Waals surface area (Å²) in [6, 6.07) is 24.8. The molecule has 6 saturated carbocycles. The molecule has 30 atom stereocenters. The molecule has 3 heterocycles. The number of fused-ring (bicyclic) bond motifs is 15. The molecule has 674 valence electrons. The van der Waals surface area contributed by atoms with E-state index in [1.807, 2.05) is 41.5 Å². The Labute approximate surface area is 715 Å². The number of hydrogen-bond acceptors (Lipinski definition) is 30. The smallest absolute Gasteiger partial charge is 0.338 e. The number of aliphatic hydroxyl groups excluding tert-OH is 8. The van der Waals surface area contributed by atoms with E-state index in [9.17, 15) is 94.5 Å². The van der Waals surface area contributed by atoms with Crippen molar-refractivity contribution in [1.29, 1.82) is 0 Å². The zero-order valence-electron chi connectivity index (χ0n) is 73.3. The molecular weight excluding hydrogens is 1600 g/mol. The van der Waals surface area contributed by atoms with Crippen molar-refractivity contribution in [2.75, 3.05) is 19.8 Å². The summed E-state index contributed by atoms with van der Waals surface area (Å²) in [5.74, 6) is -9.40. The Balaban J connectivity index is 0.000000159. The van der Waals surface area contributed by atoms with Crippen molar-refractivity contribution >= 4 is 47.8 Å². The molecule has 9 fully saturated rings. The maximum Gasteiger partial charge on any atom is 0.338 e. The fraction of sp³-hybridized carbons (Fsp3) is 0.656. The van der Waals surface area contributed by atoms with E-state index >= 15 is 0 Å². The zero-order valence-corrected chi connectivity index (χ0v) is 73.3. The molecule has 3 aromatic carbocycles. The van der Waals surface area contributed by atoms with E-state index in [-0.39, 0.29) is 80.1 Å². The Morgan fingerprint density at radius 2 is 0.699 bits per heavy atom. The monoisotopic (exact) mass is 1720 g/mol. The van der Waals surface area contributed by atoms with Crippen LogP contribution in [0.5, 0.6) is 0 Å². The van der Waals surface area contributed by atoms with Gasteiger partial charge in [-0.15, -0.1) is 0 Å². The molecule has 3 saturated heterocycles. The van der Waals surface area contributed by atoms with Gasteiger partial charge in [-0.05, 0) is 97.4 Å². The van der Waals surface area contributed by atoms with Gasteiger partial charge in [-0.25, -0.2) is 14.4 Å². The molecule has 0 unspecified atom stereocenters. The number of ether oxygens (including phenoxy) is 11. The van der Waals surface area contributed by atoms with Gasteiger partial charge < -0.3 is 108 Å². The summed E-state index contributed by atoms with van der Waals surface area (Å²) in [4.78, 5) is 104. The summed E-state index contributed by atoms with van der Waals surface area (Å²) in [7, 11) is 0. The van der Waals surface area contributed by atoms with Crippen molar-refractivity contribution in [3.8, 4) is 0 Å². The normalized spacial score (nSPS) is 42.9. The first-order valence-electron chi connectivity index (χ1n) is 42.5. The van der Waals surface area contributed by atoms with E-state index in [0.717, 1.165) is 11.1 Å². The molecule has 0 amide bonds. The van der Waals surface area contributed by atoms with E-state index in [4.69, 9.17) is 52.1 Å². The summed E-state index contributed by atoms with van der Waals surface area (Å²) in [5, 5.41) is 133. The average Bonchev–Trinajstić information content (AvgIpc) is 0.681. The van der Waals surface area contributed by atoms with Crippen LogP contribution in [0.4, 0.5) is 0 Å². The van der Waals surface area contributed by atoms with E-state index in [1.165, 1.54) is 46.8 Å².